The molecule has 0 bridgehead atoms. The SMILES string of the molecule is Cc1nn(C)c2ncc(NC(=O)N3CCOC4(CCC4)C3)cc12. The zero-order chi connectivity index (χ0) is 16.0. The van der Waals surface area contributed by atoms with E-state index in [4.69, 9.17) is 4.74 Å². The number of nitrogens with zero attached hydrogens (tertiary/aromatic N) is 4. The topological polar surface area (TPSA) is 72.3 Å². The number of ether oxygens (including phenoxy) is 1. The van der Waals surface area contributed by atoms with Crippen LogP contribution in [0.5, 0.6) is 0 Å². The molecule has 1 saturated heterocycles. The van der Waals surface area contributed by atoms with Crippen LogP contribution in [0.3, 0.4) is 0 Å². The number of hydrogen-bond acceptors (Lipinski definition) is 4. The van der Waals surface area contributed by atoms with Crippen molar-refractivity contribution in [3.63, 3.8) is 0 Å². The minimum Gasteiger partial charge on any atom is -0.371 e. The average Bonchev–Trinajstić information content (AvgIpc) is 2.80. The molecule has 1 spiro atoms. The van der Waals surface area contributed by atoms with Crippen molar-refractivity contribution in [3.05, 3.63) is 18.0 Å². The largest absolute Gasteiger partial charge is 0.371 e. The molecule has 0 aromatic carbocycles. The van der Waals surface area contributed by atoms with Crippen LogP contribution in [-0.2, 0) is 11.8 Å². The molecule has 7 heteroatoms. The minimum absolute atomic E-state index is 0.0812. The van der Waals surface area contributed by atoms with Gasteiger partial charge in [-0.25, -0.2) is 9.78 Å². The quantitative estimate of drug-likeness (QED) is 0.874. The molecule has 4 rings (SSSR count). The summed E-state index contributed by atoms with van der Waals surface area (Å²) in [6, 6.07) is 1.85. The number of morpholine rings is 1. The van der Waals surface area contributed by atoms with Gasteiger partial charge in [-0.1, -0.05) is 0 Å². The van der Waals surface area contributed by atoms with Crippen LogP contribution in [0.4, 0.5) is 10.5 Å². The van der Waals surface area contributed by atoms with Gasteiger partial charge in [-0.15, -0.1) is 0 Å². The fourth-order valence-electron chi connectivity index (χ4n) is 3.47. The third-order valence-electron chi connectivity index (χ3n) is 4.91. The molecule has 7 nitrogen and oxygen atoms in total. The fourth-order valence-corrected chi connectivity index (χ4v) is 3.47. The number of carbonyl (C=O) groups is 1. The van der Waals surface area contributed by atoms with Crippen molar-refractivity contribution in [3.8, 4) is 0 Å². The molecule has 0 atom stereocenters. The number of carbonyl (C=O) groups excluding carboxylic acids is 1. The summed E-state index contributed by atoms with van der Waals surface area (Å²) in [5.74, 6) is 0. The molecule has 1 saturated carbocycles. The summed E-state index contributed by atoms with van der Waals surface area (Å²) in [5, 5.41) is 8.27. The van der Waals surface area contributed by atoms with Crippen molar-refractivity contribution in [1.29, 1.82) is 0 Å². The van der Waals surface area contributed by atoms with Crippen LogP contribution in [0, 0.1) is 6.92 Å². The molecular formula is C16H21N5O2. The van der Waals surface area contributed by atoms with Gasteiger partial charge < -0.3 is 15.0 Å². The Kier molecular flexibility index (Phi) is 3.26. The average molecular weight is 315 g/mol. The van der Waals surface area contributed by atoms with Gasteiger partial charge in [0.05, 0.1) is 36.3 Å². The van der Waals surface area contributed by atoms with E-state index in [1.807, 2.05) is 24.9 Å². The van der Waals surface area contributed by atoms with Crippen LogP contribution in [0.25, 0.3) is 11.0 Å². The number of fused-ring (bicyclic) bond motifs is 1. The van der Waals surface area contributed by atoms with Crippen LogP contribution in [0.15, 0.2) is 12.3 Å². The van der Waals surface area contributed by atoms with Crippen LogP contribution in [0.1, 0.15) is 25.0 Å². The van der Waals surface area contributed by atoms with Crippen molar-refractivity contribution in [2.75, 3.05) is 25.0 Å². The molecular weight excluding hydrogens is 294 g/mol. The summed E-state index contributed by atoms with van der Waals surface area (Å²) in [6.07, 6.45) is 4.98. The van der Waals surface area contributed by atoms with Crippen molar-refractivity contribution >= 4 is 22.8 Å². The maximum Gasteiger partial charge on any atom is 0.322 e. The number of nitrogens with one attached hydrogen (secondary N) is 1. The smallest absolute Gasteiger partial charge is 0.322 e. The Morgan fingerprint density at radius 1 is 1.43 bits per heavy atom. The summed E-state index contributed by atoms with van der Waals surface area (Å²) in [4.78, 5) is 18.8. The Bertz CT molecular complexity index is 765. The predicted octanol–water partition coefficient (Wildman–Crippen LogP) is 2.06. The molecule has 2 aromatic rings. The van der Waals surface area contributed by atoms with Gasteiger partial charge in [0, 0.05) is 19.0 Å². The first-order valence-corrected chi connectivity index (χ1v) is 8.06. The zero-order valence-corrected chi connectivity index (χ0v) is 13.5. The summed E-state index contributed by atoms with van der Waals surface area (Å²) >= 11 is 0. The van der Waals surface area contributed by atoms with Gasteiger partial charge in [0.2, 0.25) is 0 Å². The molecule has 2 amide bonds. The lowest BCUT2D eigenvalue weighted by atomic mass is 9.79. The number of pyridine rings is 1. The molecule has 0 unspecified atom stereocenters. The van der Waals surface area contributed by atoms with Gasteiger partial charge in [0.1, 0.15) is 0 Å². The third-order valence-corrected chi connectivity index (χ3v) is 4.91. The van der Waals surface area contributed by atoms with Gasteiger partial charge in [-0.3, -0.25) is 4.68 Å². The van der Waals surface area contributed by atoms with Gasteiger partial charge in [0.15, 0.2) is 5.65 Å². The second kappa shape index (κ2) is 5.19. The number of hydrogen-bond donors (Lipinski definition) is 1. The third kappa shape index (κ3) is 2.45. The van der Waals surface area contributed by atoms with Crippen LogP contribution in [0.2, 0.25) is 0 Å². The number of rotatable bonds is 1. The Hall–Kier alpha value is -2.15. The van der Waals surface area contributed by atoms with Crippen LogP contribution >= 0.6 is 0 Å². The summed E-state index contributed by atoms with van der Waals surface area (Å²) in [5.41, 5.74) is 2.34. The lowest BCUT2D eigenvalue weighted by Gasteiger charge is -2.48. The first-order valence-electron chi connectivity index (χ1n) is 8.06. The van der Waals surface area contributed by atoms with E-state index in [0.717, 1.165) is 29.6 Å². The Morgan fingerprint density at radius 3 is 3.00 bits per heavy atom. The molecule has 1 aliphatic carbocycles. The van der Waals surface area contributed by atoms with Crippen molar-refractivity contribution in [2.45, 2.75) is 31.8 Å². The second-order valence-electron chi connectivity index (χ2n) is 6.54. The fraction of sp³-hybridized carbons (Fsp3) is 0.562. The molecule has 1 aliphatic heterocycles. The standard InChI is InChI=1S/C16H21N5O2/c1-11-13-8-12(9-17-14(13)20(2)19-11)18-15(22)21-6-7-23-16(10-21)4-3-5-16/h8-9H,3-7,10H2,1-2H3,(H,18,22). The van der Waals surface area contributed by atoms with E-state index < -0.39 is 0 Å². The van der Waals surface area contributed by atoms with Gasteiger partial charge in [0.25, 0.3) is 0 Å². The molecule has 3 heterocycles. The summed E-state index contributed by atoms with van der Waals surface area (Å²) in [6.45, 7) is 3.87. The molecule has 1 N–H and O–H groups in total. The van der Waals surface area contributed by atoms with Crippen LogP contribution in [-0.4, -0.2) is 51.0 Å². The highest BCUT2D eigenvalue weighted by Gasteiger charge is 2.43. The van der Waals surface area contributed by atoms with E-state index in [0.29, 0.717) is 25.4 Å². The van der Waals surface area contributed by atoms with Gasteiger partial charge in [-0.2, -0.15) is 5.10 Å². The van der Waals surface area contributed by atoms with E-state index in [1.54, 1.807) is 10.9 Å². The van der Waals surface area contributed by atoms with Crippen LogP contribution < -0.4 is 5.32 Å². The monoisotopic (exact) mass is 315 g/mol. The minimum atomic E-state index is -0.0856. The van der Waals surface area contributed by atoms with Crippen molar-refractivity contribution in [1.82, 2.24) is 19.7 Å². The highest BCUT2D eigenvalue weighted by Crippen LogP contribution is 2.38. The first kappa shape index (κ1) is 14.4. The number of anilines is 1. The maximum absolute atomic E-state index is 12.5. The molecule has 2 aliphatic rings. The number of aromatic nitrogens is 3. The number of urea groups is 1. The highest BCUT2D eigenvalue weighted by molar-refractivity contribution is 5.92. The van der Waals surface area contributed by atoms with Crippen molar-refractivity contribution < 1.29 is 9.53 Å². The lowest BCUT2D eigenvalue weighted by molar-refractivity contribution is -0.140. The molecule has 23 heavy (non-hydrogen) atoms. The number of aryl methyl sites for hydroxylation is 2. The van der Waals surface area contributed by atoms with Gasteiger partial charge in [-0.05, 0) is 32.3 Å². The maximum atomic E-state index is 12.5. The molecule has 2 fully saturated rings. The van der Waals surface area contributed by atoms with Gasteiger partial charge >= 0.3 is 6.03 Å². The van der Waals surface area contributed by atoms with E-state index in [9.17, 15) is 4.79 Å². The Balaban J connectivity index is 1.51. The normalized spacial score (nSPS) is 19.8. The summed E-state index contributed by atoms with van der Waals surface area (Å²) in [7, 11) is 1.87. The van der Waals surface area contributed by atoms with E-state index in [1.165, 1.54) is 6.42 Å². The molecule has 2 aromatic heterocycles. The lowest BCUT2D eigenvalue weighted by Crippen LogP contribution is -2.57. The summed E-state index contributed by atoms with van der Waals surface area (Å²) < 4.78 is 7.61. The van der Waals surface area contributed by atoms with E-state index in [-0.39, 0.29) is 11.6 Å². The highest BCUT2D eigenvalue weighted by atomic mass is 16.5. The van der Waals surface area contributed by atoms with E-state index >= 15 is 0 Å². The molecule has 0 radical (unpaired) electrons. The van der Waals surface area contributed by atoms with E-state index in [2.05, 4.69) is 15.4 Å². The zero-order valence-electron chi connectivity index (χ0n) is 13.5. The predicted molar refractivity (Wildman–Crippen MR) is 86.4 cm³/mol. The number of amides is 2. The molecule has 122 valence electrons. The first-order chi connectivity index (χ1) is 11.1. The Labute approximate surface area is 134 Å². The second-order valence-corrected chi connectivity index (χ2v) is 6.54. The van der Waals surface area contributed by atoms with Crippen molar-refractivity contribution in [2.24, 2.45) is 7.05 Å². The Morgan fingerprint density at radius 2 is 2.26 bits per heavy atom.